The Morgan fingerprint density at radius 3 is 2.88 bits per heavy atom. The molecule has 0 spiro atoms. The fraction of sp³-hybridized carbons (Fsp3) is 0.500. The summed E-state index contributed by atoms with van der Waals surface area (Å²) >= 11 is 3.56. The van der Waals surface area contributed by atoms with Gasteiger partial charge >= 0.3 is 0 Å². The fourth-order valence-electron chi connectivity index (χ4n) is 2.56. The van der Waals surface area contributed by atoms with Gasteiger partial charge in [0.2, 0.25) is 0 Å². The molecule has 1 saturated carbocycles. The lowest BCUT2D eigenvalue weighted by atomic mass is 9.95. The van der Waals surface area contributed by atoms with E-state index < -0.39 is 0 Å². The molecule has 4 heteroatoms. The summed E-state index contributed by atoms with van der Waals surface area (Å²) in [6, 6.07) is 4.53. The van der Waals surface area contributed by atoms with E-state index in [0.29, 0.717) is 6.04 Å². The minimum absolute atomic E-state index is 0.572. The number of pyridine rings is 1. The van der Waals surface area contributed by atoms with Gasteiger partial charge < -0.3 is 4.57 Å². The molecule has 3 nitrogen and oxygen atoms in total. The van der Waals surface area contributed by atoms with Gasteiger partial charge in [0.15, 0.2) is 10.4 Å². The van der Waals surface area contributed by atoms with Crippen molar-refractivity contribution in [2.45, 2.75) is 38.1 Å². The molecule has 0 unspecified atom stereocenters. The summed E-state index contributed by atoms with van der Waals surface area (Å²) in [5, 5.41) is 0. The number of rotatable bonds is 1. The van der Waals surface area contributed by atoms with Crippen molar-refractivity contribution in [1.29, 1.82) is 0 Å². The standard InChI is InChI=1S/C12H14BrN3/c13-12-15-10-7-4-8-14-11(10)16(12)9-5-2-1-3-6-9/h4,7-9H,1-3,5-6H2. The Labute approximate surface area is 103 Å². The molecule has 16 heavy (non-hydrogen) atoms. The molecule has 2 aromatic rings. The van der Waals surface area contributed by atoms with Crippen molar-refractivity contribution in [2.24, 2.45) is 0 Å². The van der Waals surface area contributed by atoms with E-state index in [0.717, 1.165) is 15.9 Å². The summed E-state index contributed by atoms with van der Waals surface area (Å²) in [7, 11) is 0. The molecule has 0 radical (unpaired) electrons. The van der Waals surface area contributed by atoms with Gasteiger partial charge in [0.05, 0.1) is 0 Å². The lowest BCUT2D eigenvalue weighted by molar-refractivity contribution is 0.354. The van der Waals surface area contributed by atoms with E-state index in [1.807, 2.05) is 18.3 Å². The maximum atomic E-state index is 4.51. The van der Waals surface area contributed by atoms with Crippen LogP contribution >= 0.6 is 15.9 Å². The zero-order valence-electron chi connectivity index (χ0n) is 9.06. The van der Waals surface area contributed by atoms with Crippen LogP contribution in [0.15, 0.2) is 23.1 Å². The minimum atomic E-state index is 0.572. The van der Waals surface area contributed by atoms with Gasteiger partial charge in [-0.1, -0.05) is 19.3 Å². The monoisotopic (exact) mass is 279 g/mol. The van der Waals surface area contributed by atoms with Gasteiger partial charge in [-0.2, -0.15) is 0 Å². The van der Waals surface area contributed by atoms with Crippen molar-refractivity contribution in [3.05, 3.63) is 23.1 Å². The van der Waals surface area contributed by atoms with E-state index in [1.54, 1.807) is 0 Å². The maximum Gasteiger partial charge on any atom is 0.179 e. The second-order valence-electron chi connectivity index (χ2n) is 4.39. The van der Waals surface area contributed by atoms with Crippen molar-refractivity contribution in [3.8, 4) is 0 Å². The largest absolute Gasteiger partial charge is 0.300 e. The second kappa shape index (κ2) is 4.17. The van der Waals surface area contributed by atoms with Crippen molar-refractivity contribution >= 4 is 27.1 Å². The van der Waals surface area contributed by atoms with Gasteiger partial charge in [0.1, 0.15) is 5.52 Å². The van der Waals surface area contributed by atoms with E-state index in [9.17, 15) is 0 Å². The Kier molecular flexibility index (Phi) is 2.67. The SMILES string of the molecule is Brc1nc2cccnc2n1C1CCCCC1. The van der Waals surface area contributed by atoms with Gasteiger partial charge in [0.25, 0.3) is 0 Å². The van der Waals surface area contributed by atoms with Crippen LogP contribution in [-0.4, -0.2) is 14.5 Å². The van der Waals surface area contributed by atoms with Gasteiger partial charge in [-0.25, -0.2) is 9.97 Å². The molecular weight excluding hydrogens is 266 g/mol. The second-order valence-corrected chi connectivity index (χ2v) is 5.10. The topological polar surface area (TPSA) is 30.7 Å². The molecule has 3 rings (SSSR count). The fourth-order valence-corrected chi connectivity index (χ4v) is 3.21. The predicted molar refractivity (Wildman–Crippen MR) is 67.4 cm³/mol. The third-order valence-electron chi connectivity index (χ3n) is 3.35. The number of hydrogen-bond acceptors (Lipinski definition) is 2. The number of fused-ring (bicyclic) bond motifs is 1. The van der Waals surface area contributed by atoms with E-state index >= 15 is 0 Å². The van der Waals surface area contributed by atoms with Crippen LogP contribution in [0.3, 0.4) is 0 Å². The van der Waals surface area contributed by atoms with Crippen molar-refractivity contribution in [3.63, 3.8) is 0 Å². The molecule has 0 amide bonds. The third-order valence-corrected chi connectivity index (χ3v) is 3.90. The molecule has 0 N–H and O–H groups in total. The van der Waals surface area contributed by atoms with E-state index in [2.05, 4.69) is 30.5 Å². The Balaban J connectivity index is 2.10. The Hall–Kier alpha value is -0.900. The van der Waals surface area contributed by atoms with Gasteiger partial charge in [0, 0.05) is 12.2 Å². The Bertz CT molecular complexity index is 500. The average Bonchev–Trinajstić information content (AvgIpc) is 2.66. The van der Waals surface area contributed by atoms with E-state index in [4.69, 9.17) is 0 Å². The summed E-state index contributed by atoms with van der Waals surface area (Å²) < 4.78 is 3.18. The van der Waals surface area contributed by atoms with Crippen molar-refractivity contribution in [2.75, 3.05) is 0 Å². The molecule has 1 aliphatic rings. The molecule has 0 bridgehead atoms. The number of hydrogen-bond donors (Lipinski definition) is 0. The third kappa shape index (κ3) is 1.65. The average molecular weight is 280 g/mol. The van der Waals surface area contributed by atoms with Gasteiger partial charge in [-0.15, -0.1) is 0 Å². The van der Waals surface area contributed by atoms with Crippen LogP contribution in [0.4, 0.5) is 0 Å². The molecular formula is C12H14BrN3. The summed E-state index contributed by atoms with van der Waals surface area (Å²) in [5.74, 6) is 0. The maximum absolute atomic E-state index is 4.51. The highest BCUT2D eigenvalue weighted by Crippen LogP contribution is 2.33. The number of nitrogens with zero attached hydrogens (tertiary/aromatic N) is 3. The summed E-state index contributed by atoms with van der Waals surface area (Å²) in [6.07, 6.45) is 8.36. The van der Waals surface area contributed by atoms with Crippen molar-refractivity contribution in [1.82, 2.24) is 14.5 Å². The quantitative estimate of drug-likeness (QED) is 0.797. The minimum Gasteiger partial charge on any atom is -0.300 e. The van der Waals surface area contributed by atoms with Crippen LogP contribution < -0.4 is 0 Å². The first kappa shape index (κ1) is 10.3. The lowest BCUT2D eigenvalue weighted by Gasteiger charge is -2.23. The highest BCUT2D eigenvalue weighted by atomic mass is 79.9. The van der Waals surface area contributed by atoms with Crippen LogP contribution in [0, 0.1) is 0 Å². The lowest BCUT2D eigenvalue weighted by Crippen LogP contribution is -2.13. The normalized spacial score (nSPS) is 18.1. The first-order chi connectivity index (χ1) is 7.86. The first-order valence-electron chi connectivity index (χ1n) is 5.85. The molecule has 84 valence electrons. The summed E-state index contributed by atoms with van der Waals surface area (Å²) in [4.78, 5) is 8.95. The van der Waals surface area contributed by atoms with Crippen LogP contribution in [-0.2, 0) is 0 Å². The molecule has 1 fully saturated rings. The van der Waals surface area contributed by atoms with Crippen LogP contribution in [0.2, 0.25) is 0 Å². The zero-order valence-corrected chi connectivity index (χ0v) is 10.7. The highest BCUT2D eigenvalue weighted by Gasteiger charge is 2.20. The van der Waals surface area contributed by atoms with Gasteiger partial charge in [-0.3, -0.25) is 0 Å². The van der Waals surface area contributed by atoms with Crippen LogP contribution in [0.5, 0.6) is 0 Å². The summed E-state index contributed by atoms with van der Waals surface area (Å²) in [5.41, 5.74) is 2.00. The summed E-state index contributed by atoms with van der Waals surface area (Å²) in [6.45, 7) is 0. The molecule has 0 saturated heterocycles. The smallest absolute Gasteiger partial charge is 0.179 e. The molecule has 0 aliphatic heterocycles. The molecule has 0 aromatic carbocycles. The highest BCUT2D eigenvalue weighted by molar-refractivity contribution is 9.10. The Morgan fingerprint density at radius 2 is 2.06 bits per heavy atom. The van der Waals surface area contributed by atoms with Crippen LogP contribution in [0.1, 0.15) is 38.1 Å². The molecule has 2 aromatic heterocycles. The van der Waals surface area contributed by atoms with E-state index in [-0.39, 0.29) is 0 Å². The number of imidazole rings is 1. The zero-order chi connectivity index (χ0) is 11.0. The Morgan fingerprint density at radius 1 is 1.25 bits per heavy atom. The number of aromatic nitrogens is 3. The van der Waals surface area contributed by atoms with E-state index in [1.165, 1.54) is 32.1 Å². The molecule has 2 heterocycles. The first-order valence-corrected chi connectivity index (χ1v) is 6.64. The van der Waals surface area contributed by atoms with Gasteiger partial charge in [-0.05, 0) is 40.9 Å². The predicted octanol–water partition coefficient (Wildman–Crippen LogP) is 3.70. The van der Waals surface area contributed by atoms with Crippen LogP contribution in [0.25, 0.3) is 11.2 Å². The molecule has 1 aliphatic carbocycles. The number of halogens is 1. The molecule has 0 atom stereocenters. The van der Waals surface area contributed by atoms with Crippen molar-refractivity contribution < 1.29 is 0 Å².